The van der Waals surface area contributed by atoms with Crippen LogP contribution in [0, 0.1) is 12.7 Å². The standard InChI is InChI=1S/C14H12ClFN2O/c1-8-4-9(6-11(16)5-8)14(19)18-13-7-10(15)2-3-12(13)17/h2-7H,17H2,1H3,(H,18,19). The van der Waals surface area contributed by atoms with Crippen LogP contribution in [0.1, 0.15) is 15.9 Å². The molecule has 0 saturated heterocycles. The van der Waals surface area contributed by atoms with Crippen LogP contribution in [-0.2, 0) is 0 Å². The normalized spacial score (nSPS) is 10.3. The van der Waals surface area contributed by atoms with E-state index in [2.05, 4.69) is 5.32 Å². The second-order valence-corrected chi connectivity index (χ2v) is 4.64. The molecular formula is C14H12ClFN2O. The summed E-state index contributed by atoms with van der Waals surface area (Å²) in [5.74, 6) is -0.888. The van der Waals surface area contributed by atoms with Crippen molar-refractivity contribution in [2.45, 2.75) is 6.92 Å². The van der Waals surface area contributed by atoms with E-state index in [1.807, 2.05) is 0 Å². The van der Waals surface area contributed by atoms with Crippen molar-refractivity contribution >= 4 is 28.9 Å². The van der Waals surface area contributed by atoms with E-state index in [1.165, 1.54) is 12.1 Å². The zero-order valence-corrected chi connectivity index (χ0v) is 11.0. The zero-order valence-electron chi connectivity index (χ0n) is 10.2. The first-order valence-electron chi connectivity index (χ1n) is 5.59. The molecule has 0 saturated carbocycles. The third-order valence-electron chi connectivity index (χ3n) is 2.57. The van der Waals surface area contributed by atoms with Crippen molar-refractivity contribution in [1.82, 2.24) is 0 Å². The Morgan fingerprint density at radius 3 is 2.68 bits per heavy atom. The van der Waals surface area contributed by atoms with E-state index < -0.39 is 11.7 Å². The first kappa shape index (κ1) is 13.4. The minimum absolute atomic E-state index is 0.233. The predicted octanol–water partition coefficient (Wildman–Crippen LogP) is 3.62. The van der Waals surface area contributed by atoms with Crippen molar-refractivity contribution < 1.29 is 9.18 Å². The smallest absolute Gasteiger partial charge is 0.255 e. The van der Waals surface area contributed by atoms with Crippen LogP contribution in [0.4, 0.5) is 15.8 Å². The molecule has 98 valence electrons. The summed E-state index contributed by atoms with van der Waals surface area (Å²) in [5, 5.41) is 3.06. The van der Waals surface area contributed by atoms with E-state index in [9.17, 15) is 9.18 Å². The number of benzene rings is 2. The monoisotopic (exact) mass is 278 g/mol. The Morgan fingerprint density at radius 1 is 1.26 bits per heavy atom. The molecule has 0 atom stereocenters. The van der Waals surface area contributed by atoms with E-state index in [0.29, 0.717) is 22.0 Å². The van der Waals surface area contributed by atoms with Crippen molar-refractivity contribution in [1.29, 1.82) is 0 Å². The maximum Gasteiger partial charge on any atom is 0.255 e. The number of carbonyl (C=O) groups is 1. The summed E-state index contributed by atoms with van der Waals surface area (Å²) in [5.41, 5.74) is 7.43. The Bertz CT molecular complexity index is 623. The van der Waals surface area contributed by atoms with Crippen LogP contribution in [0.15, 0.2) is 36.4 Å². The van der Waals surface area contributed by atoms with Gasteiger partial charge in [-0.25, -0.2) is 4.39 Å². The summed E-state index contributed by atoms with van der Waals surface area (Å²) >= 11 is 5.83. The molecule has 0 bridgehead atoms. The van der Waals surface area contributed by atoms with Gasteiger partial charge in [0.1, 0.15) is 5.82 Å². The number of hydrogen-bond donors (Lipinski definition) is 2. The molecule has 0 aliphatic rings. The average molecular weight is 279 g/mol. The molecule has 2 aromatic carbocycles. The van der Waals surface area contributed by atoms with Crippen LogP contribution < -0.4 is 11.1 Å². The molecule has 0 radical (unpaired) electrons. The van der Waals surface area contributed by atoms with Crippen molar-refractivity contribution in [3.8, 4) is 0 Å². The van der Waals surface area contributed by atoms with Gasteiger partial charge in [0, 0.05) is 10.6 Å². The number of halogens is 2. The Hall–Kier alpha value is -2.07. The van der Waals surface area contributed by atoms with Gasteiger partial charge < -0.3 is 11.1 Å². The topological polar surface area (TPSA) is 55.1 Å². The lowest BCUT2D eigenvalue weighted by atomic mass is 10.1. The molecule has 0 aliphatic heterocycles. The van der Waals surface area contributed by atoms with Crippen molar-refractivity contribution in [2.24, 2.45) is 0 Å². The van der Waals surface area contributed by atoms with Gasteiger partial charge in [-0.3, -0.25) is 4.79 Å². The lowest BCUT2D eigenvalue weighted by Gasteiger charge is -2.09. The fourth-order valence-electron chi connectivity index (χ4n) is 1.70. The van der Waals surface area contributed by atoms with Crippen molar-refractivity contribution in [3.63, 3.8) is 0 Å². The second kappa shape index (κ2) is 5.28. The molecule has 5 heteroatoms. The van der Waals surface area contributed by atoms with Gasteiger partial charge >= 0.3 is 0 Å². The predicted molar refractivity (Wildman–Crippen MR) is 75.0 cm³/mol. The molecule has 0 spiro atoms. The number of carbonyl (C=O) groups excluding carboxylic acids is 1. The number of anilines is 2. The third-order valence-corrected chi connectivity index (χ3v) is 2.80. The summed E-state index contributed by atoms with van der Waals surface area (Å²) in [6.45, 7) is 1.72. The molecule has 0 unspecified atom stereocenters. The molecule has 0 heterocycles. The second-order valence-electron chi connectivity index (χ2n) is 4.20. The van der Waals surface area contributed by atoms with E-state index >= 15 is 0 Å². The summed E-state index contributed by atoms with van der Waals surface area (Å²) in [6, 6.07) is 8.88. The van der Waals surface area contributed by atoms with Gasteiger partial charge in [0.15, 0.2) is 0 Å². The van der Waals surface area contributed by atoms with Gasteiger partial charge in [-0.2, -0.15) is 0 Å². The number of aryl methyl sites for hydroxylation is 1. The van der Waals surface area contributed by atoms with E-state index in [0.717, 1.165) is 0 Å². The van der Waals surface area contributed by atoms with Crippen molar-refractivity contribution in [3.05, 3.63) is 58.4 Å². The van der Waals surface area contributed by atoms with Crippen LogP contribution in [0.2, 0.25) is 5.02 Å². The molecule has 19 heavy (non-hydrogen) atoms. The zero-order chi connectivity index (χ0) is 14.0. The SMILES string of the molecule is Cc1cc(F)cc(C(=O)Nc2cc(Cl)ccc2N)c1. The average Bonchev–Trinajstić information content (AvgIpc) is 2.32. The van der Waals surface area contributed by atoms with Gasteiger partial charge in [0.25, 0.3) is 5.91 Å². The van der Waals surface area contributed by atoms with E-state index in [-0.39, 0.29) is 5.56 Å². The summed E-state index contributed by atoms with van der Waals surface area (Å²) in [7, 11) is 0. The first-order valence-corrected chi connectivity index (χ1v) is 5.97. The first-order chi connectivity index (χ1) is 8.95. The molecule has 3 N–H and O–H groups in total. The summed E-state index contributed by atoms with van der Waals surface area (Å²) in [4.78, 5) is 12.0. The molecule has 1 amide bonds. The highest BCUT2D eigenvalue weighted by molar-refractivity contribution is 6.31. The lowest BCUT2D eigenvalue weighted by Crippen LogP contribution is -2.13. The van der Waals surface area contributed by atoms with Gasteiger partial charge in [-0.1, -0.05) is 11.6 Å². The number of rotatable bonds is 2. The van der Waals surface area contributed by atoms with Gasteiger partial charge in [0.2, 0.25) is 0 Å². The number of nitrogen functional groups attached to an aromatic ring is 1. The van der Waals surface area contributed by atoms with Crippen molar-refractivity contribution in [2.75, 3.05) is 11.1 Å². The van der Waals surface area contributed by atoms with Crippen LogP contribution in [0.25, 0.3) is 0 Å². The Kier molecular flexibility index (Phi) is 3.71. The maximum atomic E-state index is 13.2. The summed E-state index contributed by atoms with van der Waals surface area (Å²) in [6.07, 6.45) is 0. The lowest BCUT2D eigenvalue weighted by molar-refractivity contribution is 0.102. The number of nitrogens with one attached hydrogen (secondary N) is 1. The fourth-order valence-corrected chi connectivity index (χ4v) is 1.87. The van der Waals surface area contributed by atoms with Crippen LogP contribution in [-0.4, -0.2) is 5.91 Å². The molecule has 0 aromatic heterocycles. The molecule has 2 aromatic rings. The quantitative estimate of drug-likeness (QED) is 0.824. The number of nitrogens with two attached hydrogens (primary N) is 1. The molecule has 0 fully saturated rings. The molecule has 3 nitrogen and oxygen atoms in total. The molecule has 0 aliphatic carbocycles. The minimum atomic E-state index is -0.454. The summed E-state index contributed by atoms with van der Waals surface area (Å²) < 4.78 is 13.2. The molecular weight excluding hydrogens is 267 g/mol. The largest absolute Gasteiger partial charge is 0.397 e. The van der Waals surface area contributed by atoms with Crippen LogP contribution in [0.3, 0.4) is 0 Å². The third kappa shape index (κ3) is 3.23. The highest BCUT2D eigenvalue weighted by atomic mass is 35.5. The number of amides is 1. The Morgan fingerprint density at radius 2 is 2.00 bits per heavy atom. The fraction of sp³-hybridized carbons (Fsp3) is 0.0714. The van der Waals surface area contributed by atoms with Crippen LogP contribution >= 0.6 is 11.6 Å². The van der Waals surface area contributed by atoms with Crippen LogP contribution in [0.5, 0.6) is 0 Å². The maximum absolute atomic E-state index is 13.2. The Labute approximate surface area is 115 Å². The van der Waals surface area contributed by atoms with Gasteiger partial charge in [0.05, 0.1) is 11.4 Å². The Balaban J connectivity index is 2.28. The minimum Gasteiger partial charge on any atom is -0.397 e. The molecule has 2 rings (SSSR count). The highest BCUT2D eigenvalue weighted by Crippen LogP contribution is 2.23. The van der Waals surface area contributed by atoms with Gasteiger partial charge in [-0.05, 0) is 48.9 Å². The van der Waals surface area contributed by atoms with E-state index in [4.69, 9.17) is 17.3 Å². The highest BCUT2D eigenvalue weighted by Gasteiger charge is 2.10. The van der Waals surface area contributed by atoms with Gasteiger partial charge in [-0.15, -0.1) is 0 Å². The van der Waals surface area contributed by atoms with E-state index in [1.54, 1.807) is 31.2 Å². The number of hydrogen-bond acceptors (Lipinski definition) is 2.